The van der Waals surface area contributed by atoms with Gasteiger partial charge in [-0.1, -0.05) is 24.3 Å². The van der Waals surface area contributed by atoms with Crippen LogP contribution >= 0.6 is 0 Å². The van der Waals surface area contributed by atoms with E-state index in [2.05, 4.69) is 0 Å². The van der Waals surface area contributed by atoms with Crippen molar-refractivity contribution in [1.82, 2.24) is 0 Å². The van der Waals surface area contributed by atoms with E-state index in [0.29, 0.717) is 34.1 Å². The molecule has 2 heterocycles. The second-order valence-corrected chi connectivity index (χ2v) is 7.06. The van der Waals surface area contributed by atoms with Crippen LogP contribution in [0.2, 0.25) is 0 Å². The normalized spacial score (nSPS) is 13.0. The van der Waals surface area contributed by atoms with Crippen LogP contribution in [-0.2, 0) is 22.7 Å². The van der Waals surface area contributed by atoms with Gasteiger partial charge in [0.2, 0.25) is 13.6 Å². The summed E-state index contributed by atoms with van der Waals surface area (Å²) in [6.07, 6.45) is 0. The molecule has 0 aromatic heterocycles. The number of carbonyl (C=O) groups is 2. The number of rotatable bonds is 6. The van der Waals surface area contributed by atoms with Crippen molar-refractivity contribution < 1.29 is 38.0 Å². The van der Waals surface area contributed by atoms with Gasteiger partial charge in [-0.15, -0.1) is 0 Å². The van der Waals surface area contributed by atoms with Gasteiger partial charge in [-0.05, 0) is 47.5 Å². The number of hydrogen-bond acceptors (Lipinski definition) is 8. The van der Waals surface area contributed by atoms with Gasteiger partial charge >= 0.3 is 11.9 Å². The molecule has 8 heteroatoms. The highest BCUT2D eigenvalue weighted by Gasteiger charge is 2.19. The Morgan fingerprint density at radius 1 is 0.625 bits per heavy atom. The summed E-state index contributed by atoms with van der Waals surface area (Å²) in [7, 11) is 0. The fourth-order valence-electron chi connectivity index (χ4n) is 3.34. The van der Waals surface area contributed by atoms with Gasteiger partial charge in [0.1, 0.15) is 13.2 Å². The molecule has 0 atom stereocenters. The molecule has 162 valence electrons. The maximum Gasteiger partial charge on any atom is 0.338 e. The second kappa shape index (κ2) is 8.50. The molecule has 0 N–H and O–H groups in total. The largest absolute Gasteiger partial charge is 0.457 e. The van der Waals surface area contributed by atoms with Gasteiger partial charge in [0, 0.05) is 0 Å². The Morgan fingerprint density at radius 2 is 1.06 bits per heavy atom. The predicted octanol–water partition coefficient (Wildman–Crippen LogP) is 3.86. The smallest absolute Gasteiger partial charge is 0.338 e. The third-order valence-corrected chi connectivity index (χ3v) is 5.05. The molecule has 2 aliphatic heterocycles. The van der Waals surface area contributed by atoms with E-state index in [9.17, 15) is 9.59 Å². The van der Waals surface area contributed by atoms with Crippen LogP contribution in [0.5, 0.6) is 23.0 Å². The van der Waals surface area contributed by atoms with Gasteiger partial charge < -0.3 is 28.4 Å². The van der Waals surface area contributed by atoms with Gasteiger partial charge in [-0.2, -0.15) is 0 Å². The minimum Gasteiger partial charge on any atom is -0.457 e. The zero-order chi connectivity index (χ0) is 21.9. The molecule has 8 nitrogen and oxygen atoms in total. The molecule has 0 amide bonds. The first-order chi connectivity index (χ1) is 15.7. The highest BCUT2D eigenvalue weighted by Crippen LogP contribution is 2.33. The standard InChI is InChI=1S/C24H18O8/c25-23(15-5-7-19-21(9-15)31-13-29-19)27-11-17-3-1-2-4-18(17)12-28-24(26)16-6-8-20-22(10-16)32-14-30-20/h1-10H,11-14H2. The maximum absolute atomic E-state index is 12.4. The summed E-state index contributed by atoms with van der Waals surface area (Å²) in [4.78, 5) is 24.9. The van der Waals surface area contributed by atoms with E-state index in [0.717, 1.165) is 11.1 Å². The van der Waals surface area contributed by atoms with E-state index in [1.807, 2.05) is 24.3 Å². The zero-order valence-electron chi connectivity index (χ0n) is 16.9. The molecule has 5 rings (SSSR count). The molecule has 0 spiro atoms. The number of fused-ring (bicyclic) bond motifs is 2. The van der Waals surface area contributed by atoms with Crippen molar-refractivity contribution >= 4 is 11.9 Å². The second-order valence-electron chi connectivity index (χ2n) is 7.06. The molecule has 0 fully saturated rings. The van der Waals surface area contributed by atoms with E-state index in [1.54, 1.807) is 36.4 Å². The van der Waals surface area contributed by atoms with Crippen LogP contribution < -0.4 is 18.9 Å². The molecule has 0 bridgehead atoms. The van der Waals surface area contributed by atoms with Crippen LogP contribution in [0.4, 0.5) is 0 Å². The van der Waals surface area contributed by atoms with Crippen LogP contribution in [-0.4, -0.2) is 25.5 Å². The first-order valence-electron chi connectivity index (χ1n) is 9.88. The number of carbonyl (C=O) groups excluding carboxylic acids is 2. The lowest BCUT2D eigenvalue weighted by molar-refractivity contribution is 0.0435. The minimum absolute atomic E-state index is 0.0328. The Balaban J connectivity index is 1.21. The van der Waals surface area contributed by atoms with E-state index >= 15 is 0 Å². The fourth-order valence-corrected chi connectivity index (χ4v) is 3.34. The van der Waals surface area contributed by atoms with Crippen molar-refractivity contribution in [3.05, 3.63) is 82.9 Å². The molecular formula is C24H18O8. The van der Waals surface area contributed by atoms with Crippen LogP contribution in [0, 0.1) is 0 Å². The third kappa shape index (κ3) is 4.02. The van der Waals surface area contributed by atoms with Crippen molar-refractivity contribution in [2.45, 2.75) is 13.2 Å². The first kappa shape index (κ1) is 19.7. The van der Waals surface area contributed by atoms with Crippen LogP contribution in [0.3, 0.4) is 0 Å². The summed E-state index contributed by atoms with van der Waals surface area (Å²) in [6, 6.07) is 17.0. The van der Waals surface area contributed by atoms with E-state index in [-0.39, 0.29) is 26.8 Å². The lowest BCUT2D eigenvalue weighted by Gasteiger charge is -2.11. The molecule has 3 aromatic carbocycles. The molecule has 0 saturated carbocycles. The van der Waals surface area contributed by atoms with Crippen molar-refractivity contribution in [3.8, 4) is 23.0 Å². The molecule has 0 aliphatic carbocycles. The van der Waals surface area contributed by atoms with Gasteiger partial charge in [0.25, 0.3) is 0 Å². The molecule has 0 radical (unpaired) electrons. The maximum atomic E-state index is 12.4. The Labute approximate surface area is 183 Å². The van der Waals surface area contributed by atoms with Crippen molar-refractivity contribution in [2.75, 3.05) is 13.6 Å². The van der Waals surface area contributed by atoms with Crippen molar-refractivity contribution in [3.63, 3.8) is 0 Å². The van der Waals surface area contributed by atoms with Gasteiger partial charge in [0.05, 0.1) is 11.1 Å². The molecule has 2 aliphatic rings. The Kier molecular flexibility index (Phi) is 5.25. The van der Waals surface area contributed by atoms with E-state index in [1.165, 1.54) is 0 Å². The Bertz CT molecular complexity index is 1090. The Morgan fingerprint density at radius 3 is 1.53 bits per heavy atom. The summed E-state index contributed by atoms with van der Waals surface area (Å²) in [5.74, 6) is 1.23. The van der Waals surface area contributed by atoms with E-state index < -0.39 is 11.9 Å². The number of ether oxygens (including phenoxy) is 6. The molecule has 3 aromatic rings. The predicted molar refractivity (Wildman–Crippen MR) is 110 cm³/mol. The average Bonchev–Trinajstić information content (AvgIpc) is 3.49. The minimum atomic E-state index is -0.490. The summed E-state index contributed by atoms with van der Waals surface area (Å²) in [6.45, 7) is 0.328. The van der Waals surface area contributed by atoms with E-state index in [4.69, 9.17) is 28.4 Å². The SMILES string of the molecule is O=C(OCc1ccccc1COC(=O)c1ccc2c(c1)OCO2)c1ccc2c(c1)OCO2. The van der Waals surface area contributed by atoms with Gasteiger partial charge in [-0.25, -0.2) is 9.59 Å². The average molecular weight is 434 g/mol. The van der Waals surface area contributed by atoms with Crippen LogP contribution in [0.15, 0.2) is 60.7 Å². The van der Waals surface area contributed by atoms with Gasteiger partial charge in [-0.3, -0.25) is 0 Å². The quantitative estimate of drug-likeness (QED) is 0.541. The summed E-state index contributed by atoms with van der Waals surface area (Å²) >= 11 is 0. The summed E-state index contributed by atoms with van der Waals surface area (Å²) in [5, 5.41) is 0. The number of esters is 2. The molecule has 0 unspecified atom stereocenters. The Hall–Kier alpha value is -4.20. The highest BCUT2D eigenvalue weighted by molar-refractivity contribution is 5.91. The lowest BCUT2D eigenvalue weighted by atomic mass is 10.1. The monoisotopic (exact) mass is 434 g/mol. The first-order valence-corrected chi connectivity index (χ1v) is 9.88. The highest BCUT2D eigenvalue weighted by atomic mass is 16.7. The summed E-state index contributed by atoms with van der Waals surface area (Å²) < 4.78 is 32.0. The van der Waals surface area contributed by atoms with Crippen LogP contribution in [0.1, 0.15) is 31.8 Å². The van der Waals surface area contributed by atoms with Crippen molar-refractivity contribution in [1.29, 1.82) is 0 Å². The lowest BCUT2D eigenvalue weighted by Crippen LogP contribution is -2.09. The molecular weight excluding hydrogens is 416 g/mol. The summed E-state index contributed by atoms with van der Waals surface area (Å²) in [5.41, 5.74) is 2.20. The number of hydrogen-bond donors (Lipinski definition) is 0. The fraction of sp³-hybridized carbons (Fsp3) is 0.167. The number of benzene rings is 3. The van der Waals surface area contributed by atoms with Gasteiger partial charge in [0.15, 0.2) is 23.0 Å². The van der Waals surface area contributed by atoms with Crippen molar-refractivity contribution in [2.24, 2.45) is 0 Å². The molecule has 0 saturated heterocycles. The third-order valence-electron chi connectivity index (χ3n) is 5.05. The zero-order valence-corrected chi connectivity index (χ0v) is 16.9. The van der Waals surface area contributed by atoms with Crippen LogP contribution in [0.25, 0.3) is 0 Å². The molecule has 32 heavy (non-hydrogen) atoms. The topological polar surface area (TPSA) is 89.5 Å².